The lowest BCUT2D eigenvalue weighted by molar-refractivity contribution is -0.137. The van der Waals surface area contributed by atoms with Crippen LogP contribution in [-0.2, 0) is 29.2 Å². The molecule has 328 valence electrons. The fraction of sp³-hybridized carbons (Fsp3) is 0.260. The number of nitrogens with zero attached hydrogens (tertiary/aromatic N) is 3. The first kappa shape index (κ1) is 47.2. The van der Waals surface area contributed by atoms with Crippen molar-refractivity contribution in [3.63, 3.8) is 0 Å². The number of carbonyl (C=O) groups excluding carboxylic acids is 1. The lowest BCUT2D eigenvalue weighted by Gasteiger charge is -2.44. The van der Waals surface area contributed by atoms with E-state index in [9.17, 15) is 9.90 Å². The van der Waals surface area contributed by atoms with E-state index in [4.69, 9.17) is 37.4 Å². The Labute approximate surface area is 390 Å². The van der Waals surface area contributed by atoms with E-state index in [2.05, 4.69) is 28.9 Å². The molecule has 0 bridgehead atoms. The lowest BCUT2D eigenvalue weighted by Crippen LogP contribution is -2.53. The van der Waals surface area contributed by atoms with Crippen molar-refractivity contribution < 1.29 is 28.9 Å². The van der Waals surface area contributed by atoms with Gasteiger partial charge in [-0.05, 0) is 126 Å². The molecule has 6 aromatic rings. The van der Waals surface area contributed by atoms with Crippen molar-refractivity contribution in [3.8, 4) is 28.4 Å². The Morgan fingerprint density at radius 2 is 1.52 bits per heavy atom. The number of carboxylic acid groups (broad SMARTS) is 1. The van der Waals surface area contributed by atoms with E-state index in [-0.39, 0.29) is 49.8 Å². The Kier molecular flexibility index (Phi) is 15.7. The first-order valence-corrected chi connectivity index (χ1v) is 21.3. The highest BCUT2D eigenvalue weighted by Gasteiger charge is 2.41. The molecule has 1 N–H and O–H groups in total. The van der Waals surface area contributed by atoms with Crippen LogP contribution in [0, 0.1) is 13.8 Å². The molecule has 5 aromatic carbocycles. The zero-order valence-electron chi connectivity index (χ0n) is 35.1. The second-order valence-electron chi connectivity index (χ2n) is 15.5. The smallest absolute Gasteiger partial charge is 0.305 e. The quantitative estimate of drug-likeness (QED) is 0.122. The van der Waals surface area contributed by atoms with Gasteiger partial charge in [0.15, 0.2) is 11.5 Å². The topological polar surface area (TPSA) is 101 Å². The molecule has 2 aliphatic rings. The maximum absolute atomic E-state index is 15.9. The number of aromatic nitrogens is 1. The minimum Gasteiger partial charge on any atom is -0.489 e. The van der Waals surface area contributed by atoms with Gasteiger partial charge in [-0.25, -0.2) is 0 Å². The second kappa shape index (κ2) is 20.9. The summed E-state index contributed by atoms with van der Waals surface area (Å²) in [6, 6.07) is 35.1. The van der Waals surface area contributed by atoms with Gasteiger partial charge in [-0.15, -0.1) is 24.8 Å². The molecule has 63 heavy (non-hydrogen) atoms. The Bertz CT molecular complexity index is 2540. The van der Waals surface area contributed by atoms with E-state index in [1.54, 1.807) is 35.4 Å². The zero-order chi connectivity index (χ0) is 42.6. The minimum atomic E-state index is -1.03. The molecule has 0 spiro atoms. The Balaban J connectivity index is 0.00000330. The summed E-state index contributed by atoms with van der Waals surface area (Å²) in [5, 5.41) is 11.4. The lowest BCUT2D eigenvalue weighted by atomic mass is 9.88. The summed E-state index contributed by atoms with van der Waals surface area (Å²) >= 11 is 12.4. The number of ether oxygens (including phenoxy) is 3. The maximum Gasteiger partial charge on any atom is 0.305 e. The molecule has 0 saturated carbocycles. The number of hydrogen-bond acceptors (Lipinski definition) is 7. The van der Waals surface area contributed by atoms with Gasteiger partial charge in [0.05, 0.1) is 28.5 Å². The Hall–Kier alpha value is -5.29. The molecule has 0 aliphatic carbocycles. The van der Waals surface area contributed by atoms with Crippen LogP contribution < -0.4 is 19.1 Å². The summed E-state index contributed by atoms with van der Waals surface area (Å²) < 4.78 is 18.1. The standard InChI is InChI=1S/C50H47Cl2N3O6.2ClH/c1-4-44(35-8-6-5-7-9-35)54-29-38-27-48-47(59-22-23-60-48)26-37(38)25-46(54)50(58)55(39-15-17-40(18-16-39)61-30-33-10-19-42(51)43(52)24-33)45(28-49(56)57)36-13-11-34(12-14-36)41-20-21-53-32(3)31(41)2;;/h5-21,24,26-27,44-46H,4,22-23,25,28-30H2,1-3H3,(H,56,57);2*1H/t44-,45-,46-;;/m0../s1. The number of aliphatic carboxylic acids is 1. The van der Waals surface area contributed by atoms with E-state index in [0.717, 1.165) is 51.1 Å². The normalized spacial score (nSPS) is 15.2. The van der Waals surface area contributed by atoms with E-state index in [1.165, 1.54) is 0 Å². The number of carboxylic acids is 1. The Morgan fingerprint density at radius 3 is 2.17 bits per heavy atom. The molecule has 9 nitrogen and oxygen atoms in total. The zero-order valence-corrected chi connectivity index (χ0v) is 38.3. The van der Waals surface area contributed by atoms with Gasteiger partial charge in [-0.2, -0.15) is 0 Å². The average Bonchev–Trinajstić information content (AvgIpc) is 3.27. The molecule has 3 atom stereocenters. The largest absolute Gasteiger partial charge is 0.489 e. The molecule has 1 aromatic heterocycles. The predicted octanol–water partition coefficient (Wildman–Crippen LogP) is 12.0. The summed E-state index contributed by atoms with van der Waals surface area (Å²) in [5.74, 6) is 0.693. The van der Waals surface area contributed by atoms with Gasteiger partial charge in [0.2, 0.25) is 5.91 Å². The summed E-state index contributed by atoms with van der Waals surface area (Å²) in [5.41, 5.74) is 9.25. The van der Waals surface area contributed by atoms with Crippen molar-refractivity contribution in [3.05, 3.63) is 171 Å². The molecule has 8 rings (SSSR count). The molecule has 1 amide bonds. The number of fused-ring (bicyclic) bond motifs is 2. The number of benzene rings is 5. The number of amides is 1. The van der Waals surface area contributed by atoms with Gasteiger partial charge >= 0.3 is 5.97 Å². The molecular formula is C50H49Cl4N3O6. The van der Waals surface area contributed by atoms with E-state index >= 15 is 4.79 Å². The molecule has 2 aliphatic heterocycles. The van der Waals surface area contributed by atoms with Crippen molar-refractivity contribution in [2.75, 3.05) is 18.1 Å². The third kappa shape index (κ3) is 10.4. The van der Waals surface area contributed by atoms with E-state index < -0.39 is 18.1 Å². The molecular weight excluding hydrogens is 880 g/mol. The van der Waals surface area contributed by atoms with Crippen LogP contribution in [0.5, 0.6) is 17.2 Å². The van der Waals surface area contributed by atoms with Crippen molar-refractivity contribution in [2.45, 2.75) is 71.3 Å². The number of pyridine rings is 1. The van der Waals surface area contributed by atoms with Crippen molar-refractivity contribution in [2.24, 2.45) is 0 Å². The van der Waals surface area contributed by atoms with Gasteiger partial charge in [-0.3, -0.25) is 19.5 Å². The summed E-state index contributed by atoms with van der Waals surface area (Å²) in [4.78, 5) is 37.1. The van der Waals surface area contributed by atoms with Crippen molar-refractivity contribution >= 4 is 65.6 Å². The van der Waals surface area contributed by atoms with Crippen LogP contribution in [0.2, 0.25) is 10.0 Å². The molecule has 13 heteroatoms. The molecule has 0 saturated heterocycles. The molecule has 0 unspecified atom stereocenters. The van der Waals surface area contributed by atoms with Crippen LogP contribution in [0.4, 0.5) is 5.69 Å². The van der Waals surface area contributed by atoms with Crippen molar-refractivity contribution in [1.82, 2.24) is 9.88 Å². The van der Waals surface area contributed by atoms with Crippen LogP contribution in [-0.4, -0.2) is 46.1 Å². The monoisotopic (exact) mass is 927 g/mol. The highest BCUT2D eigenvalue weighted by Crippen LogP contribution is 2.42. The average molecular weight is 930 g/mol. The van der Waals surface area contributed by atoms with Gasteiger partial charge in [-0.1, -0.05) is 90.8 Å². The number of aryl methyl sites for hydroxylation is 1. The third-order valence-corrected chi connectivity index (χ3v) is 12.5. The minimum absolute atomic E-state index is 0. The fourth-order valence-electron chi connectivity index (χ4n) is 8.52. The van der Waals surface area contributed by atoms with E-state index in [0.29, 0.717) is 64.7 Å². The number of anilines is 1. The van der Waals surface area contributed by atoms with Crippen molar-refractivity contribution in [1.29, 1.82) is 0 Å². The van der Waals surface area contributed by atoms with E-state index in [1.807, 2.05) is 92.7 Å². The predicted molar refractivity (Wildman–Crippen MR) is 253 cm³/mol. The highest BCUT2D eigenvalue weighted by molar-refractivity contribution is 6.42. The van der Waals surface area contributed by atoms with Gasteiger partial charge in [0.25, 0.3) is 0 Å². The maximum atomic E-state index is 15.9. The number of hydrogen-bond donors (Lipinski definition) is 1. The fourth-order valence-corrected chi connectivity index (χ4v) is 8.84. The highest BCUT2D eigenvalue weighted by atomic mass is 35.5. The summed E-state index contributed by atoms with van der Waals surface area (Å²) in [6.07, 6.45) is 2.59. The van der Waals surface area contributed by atoms with Crippen LogP contribution in [0.1, 0.15) is 70.9 Å². The molecule has 3 heterocycles. The molecule has 0 fully saturated rings. The summed E-state index contributed by atoms with van der Waals surface area (Å²) in [7, 11) is 0. The first-order chi connectivity index (χ1) is 29.6. The van der Waals surface area contributed by atoms with Crippen LogP contribution in [0.25, 0.3) is 11.1 Å². The van der Waals surface area contributed by atoms with Crippen LogP contribution in [0.15, 0.2) is 121 Å². The second-order valence-corrected chi connectivity index (χ2v) is 16.3. The molecule has 0 radical (unpaired) electrons. The number of halogens is 4. The van der Waals surface area contributed by atoms with Crippen LogP contribution >= 0.6 is 48.0 Å². The third-order valence-electron chi connectivity index (χ3n) is 11.8. The summed E-state index contributed by atoms with van der Waals surface area (Å²) in [6.45, 7) is 7.80. The number of carbonyl (C=O) groups is 2. The van der Waals surface area contributed by atoms with Gasteiger partial charge < -0.3 is 24.2 Å². The Morgan fingerprint density at radius 1 is 0.841 bits per heavy atom. The number of rotatable bonds is 13. The first-order valence-electron chi connectivity index (χ1n) is 20.5. The van der Waals surface area contributed by atoms with Gasteiger partial charge in [0.1, 0.15) is 25.6 Å². The van der Waals surface area contributed by atoms with Crippen LogP contribution in [0.3, 0.4) is 0 Å². The van der Waals surface area contributed by atoms with Gasteiger partial charge in [0, 0.05) is 30.2 Å². The SMILES string of the molecule is CC[C@@H](c1ccccc1)N1Cc2cc3c(cc2C[C@H]1C(=O)N(c1ccc(OCc2ccc(Cl)c(Cl)c2)cc1)[C@@H](CC(=O)O)c1ccc(-c2ccnc(C)c2C)cc1)OCCO3.Cl.Cl.